The molecule has 110 valence electrons. The maximum Gasteiger partial charge on any atom is 0.317 e. The van der Waals surface area contributed by atoms with Gasteiger partial charge >= 0.3 is 12.0 Å². The number of carbonyl (C=O) groups excluding carboxylic acids is 1. The average Bonchev–Trinajstić information content (AvgIpc) is 2.39. The predicted octanol–water partition coefficient (Wildman–Crippen LogP) is 2.91. The molecule has 0 aromatic heterocycles. The van der Waals surface area contributed by atoms with Gasteiger partial charge in [0.1, 0.15) is 0 Å². The second kappa shape index (κ2) is 7.75. The molecule has 0 saturated carbocycles. The zero-order chi connectivity index (χ0) is 15.1. The number of urea groups is 1. The van der Waals surface area contributed by atoms with Gasteiger partial charge in [-0.05, 0) is 25.5 Å². The van der Waals surface area contributed by atoms with Gasteiger partial charge in [-0.3, -0.25) is 4.79 Å². The summed E-state index contributed by atoms with van der Waals surface area (Å²) in [5, 5.41) is 12.1. The van der Waals surface area contributed by atoms with Crippen LogP contribution in [0.4, 0.5) is 4.79 Å². The molecule has 0 aliphatic rings. The number of hydrogen-bond acceptors (Lipinski definition) is 2. The summed E-state index contributed by atoms with van der Waals surface area (Å²) >= 11 is 6.08. The van der Waals surface area contributed by atoms with Crippen LogP contribution in [-0.4, -0.2) is 35.1 Å². The minimum Gasteiger partial charge on any atom is -0.481 e. The summed E-state index contributed by atoms with van der Waals surface area (Å²) in [5.74, 6) is -0.921. The van der Waals surface area contributed by atoms with Gasteiger partial charge in [0.2, 0.25) is 0 Å². The van der Waals surface area contributed by atoms with Crippen molar-refractivity contribution < 1.29 is 14.7 Å². The molecule has 20 heavy (non-hydrogen) atoms. The molecule has 0 radical (unpaired) electrons. The lowest BCUT2D eigenvalue weighted by Gasteiger charge is -2.24. The van der Waals surface area contributed by atoms with Crippen LogP contribution in [0.1, 0.15) is 31.9 Å². The highest BCUT2D eigenvalue weighted by Gasteiger charge is 2.17. The van der Waals surface area contributed by atoms with Crippen LogP contribution in [0.25, 0.3) is 0 Å². The second-order valence-corrected chi connectivity index (χ2v) is 4.82. The van der Waals surface area contributed by atoms with Crippen molar-refractivity contribution >= 4 is 23.6 Å². The van der Waals surface area contributed by atoms with Crippen LogP contribution in [0.15, 0.2) is 24.3 Å². The topological polar surface area (TPSA) is 69.6 Å². The first-order valence-corrected chi connectivity index (χ1v) is 6.85. The first-order valence-electron chi connectivity index (χ1n) is 6.47. The number of rotatable bonds is 6. The standard InChI is InChI=1S/C14H19ClN2O3/c1-3-17(9-8-13(18)19)14(20)16-10(2)11-6-4-5-7-12(11)15/h4-7,10H,3,8-9H2,1-2H3,(H,16,20)(H,18,19). The number of amides is 2. The molecule has 0 aliphatic heterocycles. The van der Waals surface area contributed by atoms with Crippen LogP contribution < -0.4 is 5.32 Å². The summed E-state index contributed by atoms with van der Waals surface area (Å²) in [6.45, 7) is 4.28. The fourth-order valence-electron chi connectivity index (χ4n) is 1.81. The van der Waals surface area contributed by atoms with E-state index >= 15 is 0 Å². The fourth-order valence-corrected chi connectivity index (χ4v) is 2.11. The minimum atomic E-state index is -0.921. The van der Waals surface area contributed by atoms with Crippen LogP contribution >= 0.6 is 11.6 Å². The molecule has 0 aliphatic carbocycles. The van der Waals surface area contributed by atoms with Crippen molar-refractivity contribution in [2.45, 2.75) is 26.3 Å². The van der Waals surface area contributed by atoms with Crippen LogP contribution in [0.5, 0.6) is 0 Å². The van der Waals surface area contributed by atoms with E-state index in [1.54, 1.807) is 6.07 Å². The van der Waals surface area contributed by atoms with E-state index in [2.05, 4.69) is 5.32 Å². The Bertz CT molecular complexity index is 479. The molecule has 2 N–H and O–H groups in total. The summed E-state index contributed by atoms with van der Waals surface area (Å²) < 4.78 is 0. The van der Waals surface area contributed by atoms with Gasteiger partial charge < -0.3 is 15.3 Å². The first kappa shape index (κ1) is 16.3. The van der Waals surface area contributed by atoms with Gasteiger partial charge in [0, 0.05) is 18.1 Å². The highest BCUT2D eigenvalue weighted by Crippen LogP contribution is 2.22. The minimum absolute atomic E-state index is 0.0677. The lowest BCUT2D eigenvalue weighted by atomic mass is 10.1. The van der Waals surface area contributed by atoms with E-state index in [1.807, 2.05) is 32.0 Å². The molecule has 5 nitrogen and oxygen atoms in total. The quantitative estimate of drug-likeness (QED) is 0.848. The van der Waals surface area contributed by atoms with Crippen LogP contribution in [0.3, 0.4) is 0 Å². The fraction of sp³-hybridized carbons (Fsp3) is 0.429. The molecule has 0 spiro atoms. The summed E-state index contributed by atoms with van der Waals surface area (Å²) in [6, 6.07) is 6.76. The summed E-state index contributed by atoms with van der Waals surface area (Å²) in [7, 11) is 0. The van der Waals surface area contributed by atoms with Gasteiger partial charge in [-0.25, -0.2) is 4.79 Å². The van der Waals surface area contributed by atoms with E-state index in [9.17, 15) is 9.59 Å². The number of carbonyl (C=O) groups is 2. The van der Waals surface area contributed by atoms with Crippen LogP contribution in [0.2, 0.25) is 5.02 Å². The summed E-state index contributed by atoms with van der Waals surface area (Å²) in [5.41, 5.74) is 0.830. The van der Waals surface area contributed by atoms with E-state index in [4.69, 9.17) is 16.7 Å². The molecular formula is C14H19ClN2O3. The molecule has 2 amide bonds. The lowest BCUT2D eigenvalue weighted by molar-refractivity contribution is -0.137. The van der Waals surface area contributed by atoms with Gasteiger partial charge in [0.25, 0.3) is 0 Å². The number of aliphatic carboxylic acids is 1. The largest absolute Gasteiger partial charge is 0.481 e. The van der Waals surface area contributed by atoms with E-state index in [0.29, 0.717) is 11.6 Å². The predicted molar refractivity (Wildman–Crippen MR) is 77.9 cm³/mol. The SMILES string of the molecule is CCN(CCC(=O)O)C(=O)NC(C)c1ccccc1Cl. The third kappa shape index (κ3) is 4.74. The third-order valence-corrected chi connectivity index (χ3v) is 3.32. The Morgan fingerprint density at radius 1 is 1.40 bits per heavy atom. The molecule has 1 rings (SSSR count). The van der Waals surface area contributed by atoms with Gasteiger partial charge in [-0.1, -0.05) is 29.8 Å². The molecule has 6 heteroatoms. The van der Waals surface area contributed by atoms with Gasteiger partial charge in [-0.2, -0.15) is 0 Å². The van der Waals surface area contributed by atoms with Crippen molar-refractivity contribution in [3.05, 3.63) is 34.9 Å². The monoisotopic (exact) mass is 298 g/mol. The van der Waals surface area contributed by atoms with Gasteiger partial charge in [0.05, 0.1) is 12.5 Å². The molecule has 0 fully saturated rings. The zero-order valence-corrected chi connectivity index (χ0v) is 12.4. The van der Waals surface area contributed by atoms with Gasteiger partial charge in [0.15, 0.2) is 0 Å². The van der Waals surface area contributed by atoms with Gasteiger partial charge in [-0.15, -0.1) is 0 Å². The molecule has 1 aromatic carbocycles. The maximum absolute atomic E-state index is 12.1. The highest BCUT2D eigenvalue weighted by molar-refractivity contribution is 6.31. The van der Waals surface area contributed by atoms with Crippen molar-refractivity contribution in [2.75, 3.05) is 13.1 Å². The second-order valence-electron chi connectivity index (χ2n) is 4.42. The number of halogens is 1. The third-order valence-electron chi connectivity index (χ3n) is 2.98. The average molecular weight is 299 g/mol. The molecule has 0 saturated heterocycles. The van der Waals surface area contributed by atoms with E-state index < -0.39 is 5.97 Å². The molecule has 0 bridgehead atoms. The molecule has 1 atom stereocenters. The van der Waals surface area contributed by atoms with E-state index in [-0.39, 0.29) is 25.0 Å². The number of benzene rings is 1. The van der Waals surface area contributed by atoms with Crippen molar-refractivity contribution in [3.8, 4) is 0 Å². The van der Waals surface area contributed by atoms with Crippen molar-refractivity contribution in [2.24, 2.45) is 0 Å². The first-order chi connectivity index (χ1) is 9.45. The molecule has 1 aromatic rings. The number of nitrogens with one attached hydrogen (secondary N) is 1. The maximum atomic E-state index is 12.1. The lowest BCUT2D eigenvalue weighted by Crippen LogP contribution is -2.42. The normalized spacial score (nSPS) is 11.8. The van der Waals surface area contributed by atoms with E-state index in [0.717, 1.165) is 5.56 Å². The van der Waals surface area contributed by atoms with Crippen LogP contribution in [0, 0.1) is 0 Å². The number of carboxylic acids is 1. The van der Waals surface area contributed by atoms with Crippen molar-refractivity contribution in [3.63, 3.8) is 0 Å². The summed E-state index contributed by atoms with van der Waals surface area (Å²) in [6.07, 6.45) is -0.0677. The number of hydrogen-bond donors (Lipinski definition) is 2. The van der Waals surface area contributed by atoms with Crippen molar-refractivity contribution in [1.29, 1.82) is 0 Å². The number of nitrogens with zero attached hydrogens (tertiary/aromatic N) is 1. The molecule has 0 heterocycles. The Morgan fingerprint density at radius 2 is 2.05 bits per heavy atom. The Morgan fingerprint density at radius 3 is 2.60 bits per heavy atom. The number of carboxylic acid groups (broad SMARTS) is 1. The van der Waals surface area contributed by atoms with Crippen LogP contribution in [-0.2, 0) is 4.79 Å². The Balaban J connectivity index is 2.64. The van der Waals surface area contributed by atoms with E-state index in [1.165, 1.54) is 4.90 Å². The smallest absolute Gasteiger partial charge is 0.317 e. The van der Waals surface area contributed by atoms with Crippen molar-refractivity contribution in [1.82, 2.24) is 10.2 Å². The summed E-state index contributed by atoms with van der Waals surface area (Å²) in [4.78, 5) is 24.1. The molecular weight excluding hydrogens is 280 g/mol. The highest BCUT2D eigenvalue weighted by atomic mass is 35.5. The molecule has 1 unspecified atom stereocenters. The Kier molecular flexibility index (Phi) is 6.31. The Hall–Kier alpha value is -1.75. The Labute approximate surface area is 123 Å². The zero-order valence-electron chi connectivity index (χ0n) is 11.6.